The molecule has 2 amide bonds. The maximum atomic E-state index is 13.6. The number of piperidine rings is 1. The number of rotatable bonds is 3. The van der Waals surface area contributed by atoms with Crippen molar-refractivity contribution in [3.05, 3.63) is 35.9 Å². The molecule has 7 nitrogen and oxygen atoms in total. The minimum Gasteiger partial charge on any atom is -0.548 e. The second-order valence-corrected chi connectivity index (χ2v) is 8.89. The fraction of sp³-hybridized carbons (Fsp3) is 0.591. The van der Waals surface area contributed by atoms with Crippen molar-refractivity contribution in [1.82, 2.24) is 9.80 Å². The molecule has 0 spiro atoms. The van der Waals surface area contributed by atoms with Gasteiger partial charge in [-0.2, -0.15) is 0 Å². The number of hydrogen-bond acceptors (Lipinski definition) is 5. The van der Waals surface area contributed by atoms with Gasteiger partial charge in [0.05, 0.1) is 17.4 Å². The van der Waals surface area contributed by atoms with Crippen LogP contribution in [0.1, 0.15) is 52.0 Å². The van der Waals surface area contributed by atoms with E-state index >= 15 is 0 Å². The van der Waals surface area contributed by atoms with Crippen LogP contribution in [0.25, 0.3) is 0 Å². The molecule has 0 N–H and O–H groups in total. The zero-order chi connectivity index (χ0) is 21.2. The highest BCUT2D eigenvalue weighted by Gasteiger charge is 2.48. The number of nitrogens with zero attached hydrogens (tertiary/aromatic N) is 2. The van der Waals surface area contributed by atoms with Crippen LogP contribution >= 0.6 is 0 Å². The van der Waals surface area contributed by atoms with E-state index in [1.807, 2.05) is 51.1 Å². The Morgan fingerprint density at radius 2 is 1.69 bits per heavy atom. The van der Waals surface area contributed by atoms with Crippen LogP contribution in [-0.2, 0) is 19.7 Å². The van der Waals surface area contributed by atoms with Crippen molar-refractivity contribution < 1.29 is 24.2 Å². The Morgan fingerprint density at radius 1 is 1.07 bits per heavy atom. The molecule has 0 saturated carbocycles. The van der Waals surface area contributed by atoms with Crippen LogP contribution in [0.15, 0.2) is 30.3 Å². The van der Waals surface area contributed by atoms with Crippen LogP contribution in [0, 0.1) is 0 Å². The van der Waals surface area contributed by atoms with E-state index in [9.17, 15) is 19.5 Å². The predicted octanol–water partition coefficient (Wildman–Crippen LogP) is 1.70. The lowest BCUT2D eigenvalue weighted by Gasteiger charge is -2.44. The van der Waals surface area contributed by atoms with Crippen molar-refractivity contribution in [2.24, 2.45) is 0 Å². The van der Waals surface area contributed by atoms with Crippen LogP contribution in [0.2, 0.25) is 0 Å². The lowest BCUT2D eigenvalue weighted by molar-refractivity contribution is -0.310. The van der Waals surface area contributed by atoms with Crippen LogP contribution in [-0.4, -0.2) is 59.0 Å². The van der Waals surface area contributed by atoms with Gasteiger partial charge >= 0.3 is 6.09 Å². The van der Waals surface area contributed by atoms with Gasteiger partial charge in [-0.3, -0.25) is 4.79 Å². The molecule has 0 radical (unpaired) electrons. The summed E-state index contributed by atoms with van der Waals surface area (Å²) in [5.74, 6) is -1.38. The standard InChI is InChI=1S/C22H30N2O5/c1-21(2,3)29-20(28)23-14-11-22(12-15-23,16-8-5-4-6-9-16)19(27)24-13-7-10-17(24)18(25)26/h4-6,8-9,17H,7,10-15H2,1-3H3,(H,25,26)/p-1/t17-/m1/s1. The summed E-state index contributed by atoms with van der Waals surface area (Å²) >= 11 is 0. The number of ether oxygens (including phenoxy) is 1. The zero-order valence-electron chi connectivity index (χ0n) is 17.3. The number of carboxylic acids is 1. The average Bonchev–Trinajstić information content (AvgIpc) is 3.17. The molecule has 2 fully saturated rings. The van der Waals surface area contributed by atoms with E-state index in [4.69, 9.17) is 4.74 Å². The number of aliphatic carboxylic acids is 1. The zero-order valence-corrected chi connectivity index (χ0v) is 17.3. The van der Waals surface area contributed by atoms with Gasteiger partial charge in [0.15, 0.2) is 0 Å². The van der Waals surface area contributed by atoms with E-state index in [1.54, 1.807) is 4.90 Å². The van der Waals surface area contributed by atoms with Crippen molar-refractivity contribution in [2.75, 3.05) is 19.6 Å². The highest BCUT2D eigenvalue weighted by Crippen LogP contribution is 2.39. The molecular weight excluding hydrogens is 372 g/mol. The fourth-order valence-corrected chi connectivity index (χ4v) is 4.31. The first-order chi connectivity index (χ1) is 13.6. The van der Waals surface area contributed by atoms with Gasteiger partial charge in [0.2, 0.25) is 5.91 Å². The summed E-state index contributed by atoms with van der Waals surface area (Å²) in [6.07, 6.45) is 1.53. The fourth-order valence-electron chi connectivity index (χ4n) is 4.31. The molecule has 29 heavy (non-hydrogen) atoms. The summed E-state index contributed by atoms with van der Waals surface area (Å²) in [5.41, 5.74) is -0.575. The minimum atomic E-state index is -1.20. The second-order valence-electron chi connectivity index (χ2n) is 8.89. The molecule has 3 rings (SSSR count). The number of hydrogen-bond donors (Lipinski definition) is 0. The molecule has 1 aromatic carbocycles. The van der Waals surface area contributed by atoms with E-state index in [2.05, 4.69) is 0 Å². The monoisotopic (exact) mass is 401 g/mol. The molecule has 1 atom stereocenters. The number of amides is 2. The van der Waals surface area contributed by atoms with E-state index < -0.39 is 23.0 Å². The maximum absolute atomic E-state index is 13.6. The van der Waals surface area contributed by atoms with Gasteiger partial charge in [0.25, 0.3) is 0 Å². The summed E-state index contributed by atoms with van der Waals surface area (Å²) in [6, 6.07) is 8.58. The van der Waals surface area contributed by atoms with Crippen molar-refractivity contribution in [3.8, 4) is 0 Å². The SMILES string of the molecule is CC(C)(C)OC(=O)N1CCC(C(=O)N2CCC[C@@H]2C(=O)[O-])(c2ccccc2)CC1. The average molecular weight is 401 g/mol. The van der Waals surface area contributed by atoms with Crippen molar-refractivity contribution >= 4 is 18.0 Å². The van der Waals surface area contributed by atoms with Gasteiger partial charge in [-0.05, 0) is 52.0 Å². The Bertz CT molecular complexity index is 763. The molecular formula is C22H29N2O5-. The Morgan fingerprint density at radius 3 is 2.24 bits per heavy atom. The molecule has 158 valence electrons. The van der Waals surface area contributed by atoms with Crippen molar-refractivity contribution in [3.63, 3.8) is 0 Å². The first kappa shape index (κ1) is 21.1. The van der Waals surface area contributed by atoms with Gasteiger partial charge in [-0.15, -0.1) is 0 Å². The van der Waals surface area contributed by atoms with E-state index in [-0.39, 0.29) is 12.0 Å². The topological polar surface area (TPSA) is 90.0 Å². The van der Waals surface area contributed by atoms with Crippen LogP contribution in [0.3, 0.4) is 0 Å². The van der Waals surface area contributed by atoms with Crippen LogP contribution in [0.5, 0.6) is 0 Å². The van der Waals surface area contributed by atoms with Gasteiger partial charge < -0.3 is 24.4 Å². The van der Waals surface area contributed by atoms with Crippen LogP contribution in [0.4, 0.5) is 4.79 Å². The lowest BCUT2D eigenvalue weighted by Crippen LogP contribution is -2.57. The third-order valence-electron chi connectivity index (χ3n) is 5.79. The molecule has 2 aliphatic rings. The molecule has 2 saturated heterocycles. The highest BCUT2D eigenvalue weighted by molar-refractivity contribution is 5.92. The van der Waals surface area contributed by atoms with Crippen LogP contribution < -0.4 is 5.11 Å². The highest BCUT2D eigenvalue weighted by atomic mass is 16.6. The molecule has 0 aliphatic carbocycles. The third-order valence-corrected chi connectivity index (χ3v) is 5.79. The van der Waals surface area contributed by atoms with E-state index in [0.29, 0.717) is 45.3 Å². The van der Waals surface area contributed by atoms with Gasteiger partial charge in [0.1, 0.15) is 5.60 Å². The molecule has 0 aromatic heterocycles. The lowest BCUT2D eigenvalue weighted by atomic mass is 9.71. The van der Waals surface area contributed by atoms with Gasteiger partial charge in [-0.25, -0.2) is 4.79 Å². The second kappa shape index (κ2) is 8.05. The number of likely N-dealkylation sites (tertiary alicyclic amines) is 2. The Labute approximate surface area is 171 Å². The molecule has 0 unspecified atom stereocenters. The maximum Gasteiger partial charge on any atom is 0.410 e. The Kier molecular flexibility index (Phi) is 5.87. The van der Waals surface area contributed by atoms with Crippen molar-refractivity contribution in [1.29, 1.82) is 0 Å². The normalized spacial score (nSPS) is 21.7. The van der Waals surface area contributed by atoms with Gasteiger partial charge in [-0.1, -0.05) is 30.3 Å². The number of carbonyl (C=O) groups is 3. The van der Waals surface area contributed by atoms with E-state index in [0.717, 1.165) is 5.56 Å². The predicted molar refractivity (Wildman–Crippen MR) is 105 cm³/mol. The summed E-state index contributed by atoms with van der Waals surface area (Å²) < 4.78 is 5.47. The summed E-state index contributed by atoms with van der Waals surface area (Å²) in [7, 11) is 0. The summed E-state index contributed by atoms with van der Waals surface area (Å²) in [4.78, 5) is 40.7. The van der Waals surface area contributed by atoms with Gasteiger partial charge in [0, 0.05) is 19.6 Å². The first-order valence-corrected chi connectivity index (χ1v) is 10.2. The Hall–Kier alpha value is -2.57. The first-order valence-electron chi connectivity index (χ1n) is 10.2. The number of benzene rings is 1. The largest absolute Gasteiger partial charge is 0.548 e. The summed E-state index contributed by atoms with van der Waals surface area (Å²) in [5, 5.41) is 11.5. The van der Waals surface area contributed by atoms with E-state index in [1.165, 1.54) is 4.90 Å². The minimum absolute atomic E-state index is 0.181. The summed E-state index contributed by atoms with van der Waals surface area (Å²) in [6.45, 7) is 6.63. The molecule has 7 heteroatoms. The number of carboxylic acid groups (broad SMARTS) is 1. The third kappa shape index (κ3) is 4.38. The number of carbonyl (C=O) groups excluding carboxylic acids is 3. The molecule has 0 bridgehead atoms. The Balaban J connectivity index is 1.85. The molecule has 2 heterocycles. The molecule has 2 aliphatic heterocycles. The quantitative estimate of drug-likeness (QED) is 0.769. The smallest absolute Gasteiger partial charge is 0.410 e. The van der Waals surface area contributed by atoms with Crippen molar-refractivity contribution in [2.45, 2.75) is 63.5 Å². The molecule has 1 aromatic rings.